The summed E-state index contributed by atoms with van der Waals surface area (Å²) >= 11 is 0. The van der Waals surface area contributed by atoms with Crippen molar-refractivity contribution in [1.82, 2.24) is 0 Å². The molecule has 0 saturated carbocycles. The summed E-state index contributed by atoms with van der Waals surface area (Å²) in [5.74, 6) is -0.821. The van der Waals surface area contributed by atoms with Crippen LogP contribution in [0.1, 0.15) is 16.7 Å². The van der Waals surface area contributed by atoms with Gasteiger partial charge >= 0.3 is 0 Å². The van der Waals surface area contributed by atoms with Crippen molar-refractivity contribution < 1.29 is 18.6 Å². The number of ether oxygens (including phenoxy) is 1. The summed E-state index contributed by atoms with van der Waals surface area (Å²) in [5, 5.41) is 17.7. The van der Waals surface area contributed by atoms with Gasteiger partial charge in [0.15, 0.2) is 0 Å². The minimum absolute atomic E-state index is 0.000756. The lowest BCUT2D eigenvalue weighted by Crippen LogP contribution is -1.98. The van der Waals surface area contributed by atoms with Crippen LogP contribution >= 0.6 is 0 Å². The van der Waals surface area contributed by atoms with Crippen molar-refractivity contribution in [3.63, 3.8) is 0 Å². The highest BCUT2D eigenvalue weighted by atomic mass is 19.1. The number of hydrogen-bond acceptors (Lipinski definition) is 3. The Labute approximate surface area is 114 Å². The highest BCUT2D eigenvalue weighted by Gasteiger charge is 2.04. The average molecular weight is 275 g/mol. The van der Waals surface area contributed by atoms with Crippen LogP contribution in [0.3, 0.4) is 0 Å². The Bertz CT molecular complexity index is 665. The predicted molar refractivity (Wildman–Crippen MR) is 67.8 cm³/mol. The summed E-state index contributed by atoms with van der Waals surface area (Å²) in [7, 11) is 0. The number of hydrogen-bond donors (Lipinski definition) is 1. The molecule has 0 bridgehead atoms. The predicted octanol–water partition coefficient (Wildman–Crippen LogP) is 2.91. The molecule has 2 aromatic rings. The third-order valence-corrected chi connectivity index (χ3v) is 2.61. The maximum absolute atomic E-state index is 13.2. The summed E-state index contributed by atoms with van der Waals surface area (Å²) in [5.41, 5.74) is 1.05. The number of aliphatic hydroxyl groups excluding tert-OH is 1. The molecule has 0 saturated heterocycles. The highest BCUT2D eigenvalue weighted by molar-refractivity contribution is 5.34. The van der Waals surface area contributed by atoms with Crippen LogP contribution in [0, 0.1) is 23.0 Å². The first-order valence-electron chi connectivity index (χ1n) is 5.83. The molecule has 0 aliphatic carbocycles. The van der Waals surface area contributed by atoms with Gasteiger partial charge in [0.1, 0.15) is 24.0 Å². The van der Waals surface area contributed by atoms with E-state index in [1.54, 1.807) is 0 Å². The maximum atomic E-state index is 13.2. The fraction of sp³-hybridized carbons (Fsp3) is 0.133. The minimum atomic E-state index is -0.530. The Hall–Kier alpha value is -2.45. The van der Waals surface area contributed by atoms with E-state index in [9.17, 15) is 8.78 Å². The summed E-state index contributed by atoms with van der Waals surface area (Å²) in [6, 6.07) is 9.57. The Kier molecular flexibility index (Phi) is 4.28. The minimum Gasteiger partial charge on any atom is -0.489 e. The summed E-state index contributed by atoms with van der Waals surface area (Å²) in [4.78, 5) is 0. The third-order valence-electron chi connectivity index (χ3n) is 2.61. The van der Waals surface area contributed by atoms with Gasteiger partial charge in [0.25, 0.3) is 0 Å². The molecule has 0 heterocycles. The van der Waals surface area contributed by atoms with Crippen LogP contribution in [0.5, 0.6) is 5.75 Å². The second kappa shape index (κ2) is 6.13. The molecule has 0 fully saturated rings. The Morgan fingerprint density at radius 3 is 2.40 bits per heavy atom. The number of rotatable bonds is 4. The highest BCUT2D eigenvalue weighted by Crippen LogP contribution is 2.18. The molecule has 0 aliphatic rings. The molecule has 2 aromatic carbocycles. The van der Waals surface area contributed by atoms with E-state index < -0.39 is 11.6 Å². The van der Waals surface area contributed by atoms with Crippen LogP contribution in [0.25, 0.3) is 0 Å². The smallest absolute Gasteiger partial charge is 0.127 e. The molecule has 102 valence electrons. The normalized spacial score (nSPS) is 10.1. The van der Waals surface area contributed by atoms with Crippen molar-refractivity contribution in [2.24, 2.45) is 0 Å². The average Bonchev–Trinajstić information content (AvgIpc) is 2.44. The number of halogens is 2. The molecule has 0 unspecified atom stereocenters. The Morgan fingerprint density at radius 2 is 1.70 bits per heavy atom. The molecular formula is C15H11F2NO2. The summed E-state index contributed by atoms with van der Waals surface area (Å²) in [6.07, 6.45) is 0. The van der Waals surface area contributed by atoms with Crippen molar-refractivity contribution in [3.8, 4) is 11.8 Å². The van der Waals surface area contributed by atoms with Gasteiger partial charge in [-0.2, -0.15) is 5.26 Å². The van der Waals surface area contributed by atoms with E-state index in [-0.39, 0.29) is 24.5 Å². The van der Waals surface area contributed by atoms with Gasteiger partial charge in [-0.1, -0.05) is 0 Å². The molecule has 0 amide bonds. The third kappa shape index (κ3) is 3.53. The zero-order valence-electron chi connectivity index (χ0n) is 10.4. The lowest BCUT2D eigenvalue weighted by molar-refractivity contribution is 0.276. The van der Waals surface area contributed by atoms with Crippen LogP contribution < -0.4 is 4.74 Å². The molecule has 20 heavy (non-hydrogen) atoms. The topological polar surface area (TPSA) is 53.2 Å². The lowest BCUT2D eigenvalue weighted by atomic mass is 10.1. The standard InChI is InChI=1S/C15H11F2NO2/c16-13-2-10(7-18)1-12(4-13)9-20-15-5-11(8-19)3-14(17)6-15/h1-6,19H,8-9H2. The van der Waals surface area contributed by atoms with E-state index in [0.717, 1.165) is 6.07 Å². The molecule has 2 rings (SSSR count). The van der Waals surface area contributed by atoms with Crippen LogP contribution in [-0.4, -0.2) is 5.11 Å². The van der Waals surface area contributed by atoms with Gasteiger partial charge in [-0.3, -0.25) is 0 Å². The SMILES string of the molecule is N#Cc1cc(F)cc(COc2cc(F)cc(CO)c2)c1. The molecule has 5 heteroatoms. The van der Waals surface area contributed by atoms with E-state index in [1.807, 2.05) is 6.07 Å². The number of benzene rings is 2. The quantitative estimate of drug-likeness (QED) is 0.933. The van der Waals surface area contributed by atoms with Crippen molar-refractivity contribution in [1.29, 1.82) is 5.26 Å². The molecule has 0 aromatic heterocycles. The fourth-order valence-electron chi connectivity index (χ4n) is 1.76. The largest absolute Gasteiger partial charge is 0.489 e. The van der Waals surface area contributed by atoms with Gasteiger partial charge in [-0.15, -0.1) is 0 Å². The first kappa shape index (κ1) is 14.0. The first-order chi connectivity index (χ1) is 9.60. The van der Waals surface area contributed by atoms with Crippen LogP contribution in [-0.2, 0) is 13.2 Å². The number of nitriles is 1. The number of aliphatic hydroxyl groups is 1. The molecule has 3 nitrogen and oxygen atoms in total. The molecule has 1 N–H and O–H groups in total. The maximum Gasteiger partial charge on any atom is 0.127 e. The van der Waals surface area contributed by atoms with E-state index in [1.165, 1.54) is 30.3 Å². The van der Waals surface area contributed by atoms with Crippen LogP contribution in [0.4, 0.5) is 8.78 Å². The van der Waals surface area contributed by atoms with Gasteiger partial charge in [0, 0.05) is 6.07 Å². The monoisotopic (exact) mass is 275 g/mol. The van der Waals surface area contributed by atoms with Crippen molar-refractivity contribution in [2.45, 2.75) is 13.2 Å². The first-order valence-corrected chi connectivity index (χ1v) is 5.83. The van der Waals surface area contributed by atoms with Gasteiger partial charge in [-0.25, -0.2) is 8.78 Å². The van der Waals surface area contributed by atoms with Gasteiger partial charge in [0.2, 0.25) is 0 Å². The molecule has 0 spiro atoms. The number of nitrogens with zero attached hydrogens (tertiary/aromatic N) is 1. The van der Waals surface area contributed by atoms with Gasteiger partial charge in [0.05, 0.1) is 18.2 Å². The summed E-state index contributed by atoms with van der Waals surface area (Å²) in [6.45, 7) is -0.298. The van der Waals surface area contributed by atoms with Crippen molar-refractivity contribution in [3.05, 3.63) is 64.7 Å². The Balaban J connectivity index is 2.14. The fourth-order valence-corrected chi connectivity index (χ4v) is 1.76. The van der Waals surface area contributed by atoms with Gasteiger partial charge < -0.3 is 9.84 Å². The van der Waals surface area contributed by atoms with Crippen LogP contribution in [0.15, 0.2) is 36.4 Å². The van der Waals surface area contributed by atoms with Gasteiger partial charge in [-0.05, 0) is 41.5 Å². The zero-order valence-corrected chi connectivity index (χ0v) is 10.4. The second-order valence-electron chi connectivity index (χ2n) is 4.20. The summed E-state index contributed by atoms with van der Waals surface area (Å²) < 4.78 is 31.8. The van der Waals surface area contributed by atoms with E-state index >= 15 is 0 Å². The van der Waals surface area contributed by atoms with Crippen molar-refractivity contribution >= 4 is 0 Å². The van der Waals surface area contributed by atoms with Crippen LogP contribution in [0.2, 0.25) is 0 Å². The molecule has 0 aliphatic heterocycles. The van der Waals surface area contributed by atoms with Crippen molar-refractivity contribution in [2.75, 3.05) is 0 Å². The van der Waals surface area contributed by atoms with E-state index in [0.29, 0.717) is 11.1 Å². The molecule has 0 radical (unpaired) electrons. The lowest BCUT2D eigenvalue weighted by Gasteiger charge is -2.08. The molecular weight excluding hydrogens is 264 g/mol. The van der Waals surface area contributed by atoms with E-state index in [2.05, 4.69) is 0 Å². The Morgan fingerprint density at radius 1 is 1.00 bits per heavy atom. The second-order valence-corrected chi connectivity index (χ2v) is 4.20. The zero-order chi connectivity index (χ0) is 14.5. The molecule has 0 atom stereocenters. The van der Waals surface area contributed by atoms with E-state index in [4.69, 9.17) is 15.1 Å².